The van der Waals surface area contributed by atoms with Gasteiger partial charge in [-0.05, 0) is 30.3 Å². The van der Waals surface area contributed by atoms with E-state index in [9.17, 15) is 9.18 Å². The number of methoxy groups -OCH3 is 2. The summed E-state index contributed by atoms with van der Waals surface area (Å²) in [4.78, 5) is 19.0. The average Bonchev–Trinajstić information content (AvgIpc) is 3.03. The minimum absolute atomic E-state index is 0.0738. The summed E-state index contributed by atoms with van der Waals surface area (Å²) in [5.74, 6) is 0.668. The number of halogens is 2. The molecule has 1 heterocycles. The van der Waals surface area contributed by atoms with Crippen LogP contribution in [0.1, 0.15) is 5.56 Å². The van der Waals surface area contributed by atoms with E-state index in [1.165, 1.54) is 49.1 Å². The molecule has 0 saturated carbocycles. The number of hydrogen-bond acceptors (Lipinski definition) is 5. The minimum atomic E-state index is -0.559. The number of amides is 1. The van der Waals surface area contributed by atoms with Crippen molar-refractivity contribution in [3.63, 3.8) is 0 Å². The molecule has 150 valence electrons. The van der Waals surface area contributed by atoms with Gasteiger partial charge in [-0.3, -0.25) is 9.69 Å². The third-order valence-electron chi connectivity index (χ3n) is 4.05. The highest BCUT2D eigenvalue weighted by atomic mass is 35.5. The number of aliphatic imine (C=N–C) groups is 1. The Hall–Kier alpha value is -2.77. The molecule has 0 atom stereocenters. The zero-order valence-corrected chi connectivity index (χ0v) is 17.4. The van der Waals surface area contributed by atoms with Gasteiger partial charge in [-0.25, -0.2) is 9.38 Å². The lowest BCUT2D eigenvalue weighted by molar-refractivity contribution is -0.113. The molecule has 1 aliphatic heterocycles. The summed E-state index contributed by atoms with van der Waals surface area (Å²) in [7, 11) is 3.06. The average molecular weight is 433 g/mol. The Bertz CT molecular complexity index is 1020. The molecule has 0 radical (unpaired) electrons. The summed E-state index contributed by atoms with van der Waals surface area (Å²) in [5, 5.41) is 0.376. The molecule has 0 bridgehead atoms. The standard InChI is InChI=1S/C21H18ClFN2O3S/c1-4-10-29-21-24-17(11-13-6-5-7-18(27-2)19(13)28-3)20(26)25(21)14-8-9-16(23)15(22)12-14/h4-9,11-12H,1,10H2,2-3H3. The first-order valence-electron chi connectivity index (χ1n) is 8.54. The van der Waals surface area contributed by atoms with Crippen LogP contribution in [0.5, 0.6) is 11.5 Å². The van der Waals surface area contributed by atoms with Crippen molar-refractivity contribution in [1.29, 1.82) is 0 Å². The largest absolute Gasteiger partial charge is 0.493 e. The van der Waals surface area contributed by atoms with Gasteiger partial charge in [0.05, 0.1) is 24.9 Å². The molecule has 1 amide bonds. The van der Waals surface area contributed by atoms with Crippen LogP contribution in [0.3, 0.4) is 0 Å². The maximum Gasteiger partial charge on any atom is 0.283 e. The Labute approximate surface area is 177 Å². The van der Waals surface area contributed by atoms with E-state index in [2.05, 4.69) is 11.6 Å². The van der Waals surface area contributed by atoms with Gasteiger partial charge in [-0.15, -0.1) is 6.58 Å². The van der Waals surface area contributed by atoms with E-state index >= 15 is 0 Å². The fraction of sp³-hybridized carbons (Fsp3) is 0.143. The van der Waals surface area contributed by atoms with Crippen LogP contribution in [-0.4, -0.2) is 31.0 Å². The number of amidine groups is 1. The molecule has 0 fully saturated rings. The van der Waals surface area contributed by atoms with Crippen LogP contribution in [0.15, 0.2) is 59.7 Å². The third-order valence-corrected chi connectivity index (χ3v) is 5.27. The lowest BCUT2D eigenvalue weighted by Gasteiger charge is -2.17. The minimum Gasteiger partial charge on any atom is -0.493 e. The monoisotopic (exact) mass is 432 g/mol. The Morgan fingerprint density at radius 2 is 2.07 bits per heavy atom. The van der Waals surface area contributed by atoms with Crippen LogP contribution in [0.2, 0.25) is 5.02 Å². The topological polar surface area (TPSA) is 51.1 Å². The second kappa shape index (κ2) is 9.15. The van der Waals surface area contributed by atoms with Gasteiger partial charge >= 0.3 is 0 Å². The Kier molecular flexibility index (Phi) is 6.61. The molecule has 2 aromatic carbocycles. The molecular weight excluding hydrogens is 415 g/mol. The van der Waals surface area contributed by atoms with E-state index in [-0.39, 0.29) is 16.6 Å². The predicted molar refractivity (Wildman–Crippen MR) is 117 cm³/mol. The molecule has 0 N–H and O–H groups in total. The molecule has 0 spiro atoms. The first kappa shape index (κ1) is 21.0. The summed E-state index contributed by atoms with van der Waals surface area (Å²) in [6.45, 7) is 3.70. The van der Waals surface area contributed by atoms with Gasteiger partial charge in [-0.2, -0.15) is 0 Å². The number of thioether (sulfide) groups is 1. The van der Waals surface area contributed by atoms with Crippen molar-refractivity contribution in [2.45, 2.75) is 0 Å². The lowest BCUT2D eigenvalue weighted by Crippen LogP contribution is -2.30. The number of carbonyl (C=O) groups excluding carboxylic acids is 1. The maximum atomic E-state index is 13.6. The zero-order valence-electron chi connectivity index (χ0n) is 15.8. The van der Waals surface area contributed by atoms with Crippen LogP contribution >= 0.6 is 23.4 Å². The number of hydrogen-bond donors (Lipinski definition) is 0. The molecule has 0 unspecified atom stereocenters. The molecule has 5 nitrogen and oxygen atoms in total. The number of anilines is 1. The maximum absolute atomic E-state index is 13.6. The predicted octanol–water partition coefficient (Wildman–Crippen LogP) is 5.16. The Morgan fingerprint density at radius 3 is 2.72 bits per heavy atom. The quantitative estimate of drug-likeness (QED) is 0.467. The number of nitrogens with zero attached hydrogens (tertiary/aromatic N) is 2. The number of benzene rings is 2. The van der Waals surface area contributed by atoms with Gasteiger partial charge in [0, 0.05) is 11.3 Å². The summed E-state index contributed by atoms with van der Waals surface area (Å²) in [6, 6.07) is 9.45. The van der Waals surface area contributed by atoms with Crippen molar-refractivity contribution in [3.8, 4) is 11.5 Å². The third kappa shape index (κ3) is 4.31. The Morgan fingerprint density at radius 1 is 1.28 bits per heavy atom. The van der Waals surface area contributed by atoms with E-state index in [4.69, 9.17) is 21.1 Å². The van der Waals surface area contributed by atoms with E-state index < -0.39 is 5.82 Å². The first-order chi connectivity index (χ1) is 14.0. The van der Waals surface area contributed by atoms with Crippen LogP contribution in [0, 0.1) is 5.82 Å². The van der Waals surface area contributed by atoms with Gasteiger partial charge < -0.3 is 9.47 Å². The number of ether oxygens (including phenoxy) is 2. The molecule has 3 rings (SSSR count). The summed E-state index contributed by atoms with van der Waals surface area (Å²) in [6.07, 6.45) is 3.34. The number of rotatable bonds is 6. The fourth-order valence-corrected chi connectivity index (χ4v) is 3.67. The van der Waals surface area contributed by atoms with Crippen molar-refractivity contribution in [2.24, 2.45) is 4.99 Å². The Balaban J connectivity index is 2.06. The van der Waals surface area contributed by atoms with E-state index in [1.54, 1.807) is 30.4 Å². The van der Waals surface area contributed by atoms with Crippen molar-refractivity contribution >= 4 is 46.2 Å². The number of carbonyl (C=O) groups is 1. The summed E-state index contributed by atoms with van der Waals surface area (Å²) in [5.41, 5.74) is 1.28. The van der Waals surface area contributed by atoms with Gasteiger partial charge in [0.2, 0.25) is 0 Å². The second-order valence-corrected chi connectivity index (χ2v) is 7.24. The normalized spacial score (nSPS) is 14.9. The highest BCUT2D eigenvalue weighted by molar-refractivity contribution is 8.14. The molecular formula is C21H18ClFN2O3S. The molecule has 8 heteroatoms. The van der Waals surface area contributed by atoms with Gasteiger partial charge in [0.15, 0.2) is 16.7 Å². The molecule has 2 aromatic rings. The van der Waals surface area contributed by atoms with E-state index in [1.807, 2.05) is 0 Å². The van der Waals surface area contributed by atoms with Gasteiger partial charge in [0.1, 0.15) is 11.5 Å². The van der Waals surface area contributed by atoms with Crippen LogP contribution in [0.4, 0.5) is 10.1 Å². The SMILES string of the molecule is C=CCSC1=NC(=Cc2cccc(OC)c2OC)C(=O)N1c1ccc(F)c(Cl)c1. The molecule has 0 aliphatic carbocycles. The molecule has 1 aliphatic rings. The van der Waals surface area contributed by atoms with E-state index in [0.717, 1.165) is 0 Å². The van der Waals surface area contributed by atoms with Crippen LogP contribution in [0.25, 0.3) is 6.08 Å². The highest BCUT2D eigenvalue weighted by Crippen LogP contribution is 2.35. The molecule has 0 saturated heterocycles. The summed E-state index contributed by atoms with van der Waals surface area (Å²) >= 11 is 7.25. The van der Waals surface area contributed by atoms with Crippen molar-refractivity contribution in [2.75, 3.05) is 24.9 Å². The first-order valence-corrected chi connectivity index (χ1v) is 9.91. The van der Waals surface area contributed by atoms with Crippen LogP contribution in [-0.2, 0) is 4.79 Å². The van der Waals surface area contributed by atoms with Gasteiger partial charge in [-0.1, -0.05) is 41.6 Å². The van der Waals surface area contributed by atoms with Crippen LogP contribution < -0.4 is 14.4 Å². The summed E-state index contributed by atoms with van der Waals surface area (Å²) < 4.78 is 24.3. The highest BCUT2D eigenvalue weighted by Gasteiger charge is 2.32. The molecule has 29 heavy (non-hydrogen) atoms. The van der Waals surface area contributed by atoms with Crippen molar-refractivity contribution < 1.29 is 18.7 Å². The second-order valence-electron chi connectivity index (χ2n) is 5.85. The molecule has 0 aromatic heterocycles. The smallest absolute Gasteiger partial charge is 0.283 e. The fourth-order valence-electron chi connectivity index (χ4n) is 2.75. The van der Waals surface area contributed by atoms with Crippen molar-refractivity contribution in [3.05, 3.63) is 71.2 Å². The number of para-hydroxylation sites is 1. The van der Waals surface area contributed by atoms with Crippen molar-refractivity contribution in [1.82, 2.24) is 0 Å². The van der Waals surface area contributed by atoms with E-state index in [0.29, 0.717) is 33.7 Å². The van der Waals surface area contributed by atoms with Gasteiger partial charge in [0.25, 0.3) is 5.91 Å². The zero-order chi connectivity index (χ0) is 21.0. The lowest BCUT2D eigenvalue weighted by atomic mass is 10.1.